The first kappa shape index (κ1) is 17.3. The van der Waals surface area contributed by atoms with E-state index >= 15 is 0 Å². The molecule has 2 rings (SSSR count). The summed E-state index contributed by atoms with van der Waals surface area (Å²) in [5.41, 5.74) is 0.736. The van der Waals surface area contributed by atoms with E-state index in [1.54, 1.807) is 38.5 Å². The fourth-order valence-electron chi connectivity index (χ4n) is 1.96. The van der Waals surface area contributed by atoms with E-state index in [9.17, 15) is 9.59 Å². The molecule has 6 nitrogen and oxygen atoms in total. The fourth-order valence-corrected chi connectivity index (χ4v) is 3.27. The maximum Gasteiger partial charge on any atom is 0.305 e. The number of nitrogens with zero attached hydrogens (tertiary/aromatic N) is 1. The second kappa shape index (κ2) is 7.47. The first-order valence-corrected chi connectivity index (χ1v) is 7.87. The van der Waals surface area contributed by atoms with Gasteiger partial charge in [-0.3, -0.25) is 14.5 Å². The number of thiocarbonyl (C=S) groups is 1. The van der Waals surface area contributed by atoms with Crippen LogP contribution in [0.2, 0.25) is 0 Å². The third-order valence-electron chi connectivity index (χ3n) is 3.09. The molecule has 1 heterocycles. The summed E-state index contributed by atoms with van der Waals surface area (Å²) in [7, 11) is 3.09. The second-order valence-corrected chi connectivity index (χ2v) is 6.30. The summed E-state index contributed by atoms with van der Waals surface area (Å²) in [5.74, 6) is -0.0440. The minimum Gasteiger partial charge on any atom is -0.497 e. The molecule has 0 atom stereocenters. The molecular weight excluding hydrogens is 338 g/mol. The van der Waals surface area contributed by atoms with Crippen molar-refractivity contribution in [2.45, 2.75) is 6.42 Å². The van der Waals surface area contributed by atoms with E-state index in [0.29, 0.717) is 20.7 Å². The molecule has 8 heteroatoms. The number of rotatable bonds is 6. The van der Waals surface area contributed by atoms with Crippen LogP contribution in [0, 0.1) is 0 Å². The van der Waals surface area contributed by atoms with Crippen molar-refractivity contribution in [2.24, 2.45) is 0 Å². The fraction of sp³-hybridized carbons (Fsp3) is 0.267. The molecule has 0 spiro atoms. The lowest BCUT2D eigenvalue weighted by Crippen LogP contribution is -2.30. The monoisotopic (exact) mass is 353 g/mol. The zero-order chi connectivity index (χ0) is 17.0. The van der Waals surface area contributed by atoms with Gasteiger partial charge in [0, 0.05) is 12.6 Å². The first-order chi connectivity index (χ1) is 10.9. The highest BCUT2D eigenvalue weighted by molar-refractivity contribution is 8.26. The van der Waals surface area contributed by atoms with E-state index in [-0.39, 0.29) is 18.9 Å². The van der Waals surface area contributed by atoms with Crippen molar-refractivity contribution in [3.8, 4) is 11.5 Å². The molecule has 1 aromatic carbocycles. The number of ether oxygens (including phenoxy) is 2. The third kappa shape index (κ3) is 4.23. The molecule has 1 aliphatic rings. The lowest BCUT2D eigenvalue weighted by Gasteiger charge is -2.12. The summed E-state index contributed by atoms with van der Waals surface area (Å²) in [6.07, 6.45) is 1.54. The van der Waals surface area contributed by atoms with E-state index in [2.05, 4.69) is 0 Å². The van der Waals surface area contributed by atoms with E-state index < -0.39 is 5.97 Å². The lowest BCUT2D eigenvalue weighted by molar-refractivity contribution is -0.137. The van der Waals surface area contributed by atoms with Gasteiger partial charge in [0.05, 0.1) is 25.5 Å². The normalized spacial score (nSPS) is 16.1. The van der Waals surface area contributed by atoms with Crippen LogP contribution in [0.25, 0.3) is 6.08 Å². The highest BCUT2D eigenvalue weighted by Gasteiger charge is 2.32. The molecule has 0 unspecified atom stereocenters. The standard InChI is InChI=1S/C15H15NO5S2/c1-20-10-5-9(6-11(8-10)21-2)7-12-14(19)16(15(22)23-12)4-3-13(17)18/h5-8H,3-4H2,1-2H3,(H,17,18)/b12-7-. The van der Waals surface area contributed by atoms with E-state index in [1.807, 2.05) is 0 Å². The van der Waals surface area contributed by atoms with E-state index in [0.717, 1.165) is 17.3 Å². The predicted molar refractivity (Wildman–Crippen MR) is 91.7 cm³/mol. The number of thioether (sulfide) groups is 1. The van der Waals surface area contributed by atoms with Gasteiger partial charge in [-0.1, -0.05) is 24.0 Å². The first-order valence-electron chi connectivity index (χ1n) is 6.65. The Morgan fingerprint density at radius 2 is 1.91 bits per heavy atom. The molecule has 23 heavy (non-hydrogen) atoms. The van der Waals surface area contributed by atoms with Gasteiger partial charge in [-0.05, 0) is 23.8 Å². The minimum absolute atomic E-state index is 0.0682. The number of methoxy groups -OCH3 is 2. The number of hydrogen-bond acceptors (Lipinski definition) is 6. The van der Waals surface area contributed by atoms with E-state index in [4.69, 9.17) is 26.8 Å². The zero-order valence-electron chi connectivity index (χ0n) is 12.6. The molecule has 1 aliphatic heterocycles. The van der Waals surface area contributed by atoms with Gasteiger partial charge in [0.15, 0.2) is 0 Å². The van der Waals surface area contributed by atoms with Crippen LogP contribution in [0.3, 0.4) is 0 Å². The molecule has 1 amide bonds. The molecule has 0 bridgehead atoms. The lowest BCUT2D eigenvalue weighted by atomic mass is 10.2. The van der Waals surface area contributed by atoms with Crippen LogP contribution >= 0.6 is 24.0 Å². The number of aliphatic carboxylic acids is 1. The van der Waals surface area contributed by atoms with Gasteiger partial charge in [-0.15, -0.1) is 0 Å². The van der Waals surface area contributed by atoms with Gasteiger partial charge >= 0.3 is 5.97 Å². The van der Waals surface area contributed by atoms with Gasteiger partial charge in [0.2, 0.25) is 0 Å². The number of carboxylic acid groups (broad SMARTS) is 1. The van der Waals surface area contributed by atoms with Crippen molar-refractivity contribution >= 4 is 46.3 Å². The summed E-state index contributed by atoms with van der Waals surface area (Å²) in [4.78, 5) is 24.7. The Balaban J connectivity index is 2.25. The van der Waals surface area contributed by atoms with Crippen molar-refractivity contribution in [1.82, 2.24) is 4.90 Å². The van der Waals surface area contributed by atoms with Crippen LogP contribution < -0.4 is 9.47 Å². The molecule has 0 saturated carbocycles. The number of amides is 1. The smallest absolute Gasteiger partial charge is 0.305 e. The highest BCUT2D eigenvalue weighted by atomic mass is 32.2. The van der Waals surface area contributed by atoms with Crippen LogP contribution in [-0.4, -0.2) is 47.0 Å². The quantitative estimate of drug-likeness (QED) is 0.621. The minimum atomic E-state index is -0.972. The van der Waals surface area contributed by atoms with E-state index in [1.165, 1.54) is 4.90 Å². The van der Waals surface area contributed by atoms with Crippen molar-refractivity contribution in [3.63, 3.8) is 0 Å². The average Bonchev–Trinajstić information content (AvgIpc) is 2.78. The second-order valence-electron chi connectivity index (χ2n) is 4.62. The molecule has 1 aromatic rings. The molecule has 0 aromatic heterocycles. The van der Waals surface area contributed by atoms with Crippen molar-refractivity contribution in [3.05, 3.63) is 28.7 Å². The number of carbonyl (C=O) groups is 2. The van der Waals surface area contributed by atoms with Crippen LogP contribution in [0.15, 0.2) is 23.1 Å². The third-order valence-corrected chi connectivity index (χ3v) is 4.47. The van der Waals surface area contributed by atoms with Crippen molar-refractivity contribution < 1.29 is 24.2 Å². The molecule has 122 valence electrons. The van der Waals surface area contributed by atoms with Crippen molar-refractivity contribution in [1.29, 1.82) is 0 Å². The van der Waals surface area contributed by atoms with Crippen molar-refractivity contribution in [2.75, 3.05) is 20.8 Å². The predicted octanol–water partition coefficient (Wildman–Crippen LogP) is 2.38. The van der Waals surface area contributed by atoms with Gasteiger partial charge in [-0.25, -0.2) is 0 Å². The molecule has 0 radical (unpaired) electrons. The summed E-state index contributed by atoms with van der Waals surface area (Å²) < 4.78 is 10.7. The molecule has 1 fully saturated rings. The summed E-state index contributed by atoms with van der Waals surface area (Å²) in [6.45, 7) is 0.0682. The number of carboxylic acids is 1. The number of benzene rings is 1. The van der Waals surface area contributed by atoms with Gasteiger partial charge in [0.25, 0.3) is 5.91 Å². The SMILES string of the molecule is COc1cc(/C=C2\SC(=S)N(CCC(=O)O)C2=O)cc(OC)c1. The Bertz CT molecular complexity index is 664. The Morgan fingerprint density at radius 3 is 2.43 bits per heavy atom. The molecular formula is C15H15NO5S2. The largest absolute Gasteiger partial charge is 0.497 e. The Labute approximate surface area is 143 Å². The molecule has 1 N–H and O–H groups in total. The number of hydrogen-bond donors (Lipinski definition) is 1. The maximum absolute atomic E-state index is 12.3. The summed E-state index contributed by atoms with van der Waals surface area (Å²) >= 11 is 6.29. The van der Waals surface area contributed by atoms with Crippen LogP contribution in [0.4, 0.5) is 0 Å². The van der Waals surface area contributed by atoms with Crippen LogP contribution in [0.1, 0.15) is 12.0 Å². The topological polar surface area (TPSA) is 76.1 Å². The average molecular weight is 353 g/mol. The molecule has 0 aliphatic carbocycles. The van der Waals surface area contributed by atoms with Gasteiger partial charge in [-0.2, -0.15) is 0 Å². The number of carbonyl (C=O) groups excluding carboxylic acids is 1. The Kier molecular flexibility index (Phi) is 5.62. The zero-order valence-corrected chi connectivity index (χ0v) is 14.2. The molecule has 1 saturated heterocycles. The Morgan fingerprint density at radius 1 is 1.30 bits per heavy atom. The van der Waals surface area contributed by atoms with Crippen LogP contribution in [0.5, 0.6) is 11.5 Å². The van der Waals surface area contributed by atoms with Crippen LogP contribution in [-0.2, 0) is 9.59 Å². The van der Waals surface area contributed by atoms with Gasteiger partial charge in [0.1, 0.15) is 15.8 Å². The maximum atomic E-state index is 12.3. The highest BCUT2D eigenvalue weighted by Crippen LogP contribution is 2.34. The Hall–Kier alpha value is -2.06. The summed E-state index contributed by atoms with van der Waals surface area (Å²) in [6, 6.07) is 5.27. The summed E-state index contributed by atoms with van der Waals surface area (Å²) in [5, 5.41) is 8.73. The van der Waals surface area contributed by atoms with Gasteiger partial charge < -0.3 is 14.6 Å².